The van der Waals surface area contributed by atoms with Gasteiger partial charge in [0.15, 0.2) is 5.96 Å². The summed E-state index contributed by atoms with van der Waals surface area (Å²) in [4.78, 5) is 16.2. The highest BCUT2D eigenvalue weighted by molar-refractivity contribution is 9.10. The molecule has 1 aromatic rings. The third-order valence-corrected chi connectivity index (χ3v) is 3.27. The molecule has 0 aliphatic carbocycles. The first-order chi connectivity index (χ1) is 10.6. The van der Waals surface area contributed by atoms with Gasteiger partial charge in [0.05, 0.1) is 13.1 Å². The standard InChI is InChI=1S/C16H21BrN4O/c1-4-9-19-16(18-5-2)20-10-8-15(22)21-14-7-6-13(17)11-12(14)3/h1,6-7,11H,5,8-10H2,2-3H3,(H,21,22)(H2,18,19,20). The Morgan fingerprint density at radius 1 is 1.41 bits per heavy atom. The lowest BCUT2D eigenvalue weighted by Gasteiger charge is -2.10. The number of nitrogens with zero attached hydrogens (tertiary/aromatic N) is 1. The molecule has 3 N–H and O–H groups in total. The van der Waals surface area contributed by atoms with Crippen molar-refractivity contribution in [1.82, 2.24) is 10.6 Å². The van der Waals surface area contributed by atoms with E-state index in [1.165, 1.54) is 0 Å². The molecule has 0 saturated carbocycles. The highest BCUT2D eigenvalue weighted by Gasteiger charge is 2.05. The van der Waals surface area contributed by atoms with Crippen LogP contribution in [0.2, 0.25) is 0 Å². The second kappa shape index (κ2) is 9.85. The fourth-order valence-electron chi connectivity index (χ4n) is 1.73. The predicted molar refractivity (Wildman–Crippen MR) is 94.9 cm³/mol. The summed E-state index contributed by atoms with van der Waals surface area (Å²) in [5, 5.41) is 8.92. The monoisotopic (exact) mass is 364 g/mol. The number of amides is 1. The molecule has 5 nitrogen and oxygen atoms in total. The van der Waals surface area contributed by atoms with E-state index in [-0.39, 0.29) is 5.91 Å². The molecule has 0 saturated heterocycles. The summed E-state index contributed by atoms with van der Waals surface area (Å²) in [6.07, 6.45) is 5.51. The van der Waals surface area contributed by atoms with Crippen LogP contribution in [0.5, 0.6) is 0 Å². The molecule has 0 bridgehead atoms. The summed E-state index contributed by atoms with van der Waals surface area (Å²) in [5.74, 6) is 3.04. The Morgan fingerprint density at radius 3 is 2.82 bits per heavy atom. The molecule has 0 unspecified atom stereocenters. The van der Waals surface area contributed by atoms with Crippen molar-refractivity contribution in [2.24, 2.45) is 4.99 Å². The van der Waals surface area contributed by atoms with Gasteiger partial charge in [0.1, 0.15) is 0 Å². The van der Waals surface area contributed by atoms with Gasteiger partial charge in [-0.1, -0.05) is 21.9 Å². The molecule has 118 valence electrons. The number of carbonyl (C=O) groups excluding carboxylic acids is 1. The minimum absolute atomic E-state index is 0.0676. The molecule has 22 heavy (non-hydrogen) atoms. The molecule has 0 radical (unpaired) electrons. The van der Waals surface area contributed by atoms with E-state index in [1.807, 2.05) is 32.0 Å². The smallest absolute Gasteiger partial charge is 0.226 e. The Morgan fingerprint density at radius 2 is 2.18 bits per heavy atom. The van der Waals surface area contributed by atoms with Crippen molar-refractivity contribution in [3.8, 4) is 12.3 Å². The highest BCUT2D eigenvalue weighted by Crippen LogP contribution is 2.20. The second-order valence-corrected chi connectivity index (χ2v) is 5.49. The SMILES string of the molecule is C#CCNC(=NCCC(=O)Nc1ccc(Br)cc1C)NCC. The van der Waals surface area contributed by atoms with E-state index in [1.54, 1.807) is 0 Å². The third-order valence-electron chi connectivity index (χ3n) is 2.77. The van der Waals surface area contributed by atoms with Crippen LogP contribution in [0.25, 0.3) is 0 Å². The van der Waals surface area contributed by atoms with Gasteiger partial charge in [0.25, 0.3) is 0 Å². The quantitative estimate of drug-likeness (QED) is 0.412. The van der Waals surface area contributed by atoms with E-state index < -0.39 is 0 Å². The van der Waals surface area contributed by atoms with Crippen molar-refractivity contribution in [3.63, 3.8) is 0 Å². The summed E-state index contributed by atoms with van der Waals surface area (Å²) < 4.78 is 0.988. The fourth-order valence-corrected chi connectivity index (χ4v) is 2.20. The number of aliphatic imine (C=N–C) groups is 1. The first-order valence-electron chi connectivity index (χ1n) is 7.08. The van der Waals surface area contributed by atoms with Crippen LogP contribution in [-0.2, 0) is 4.79 Å². The van der Waals surface area contributed by atoms with Gasteiger partial charge in [-0.15, -0.1) is 6.42 Å². The number of rotatable bonds is 6. The topological polar surface area (TPSA) is 65.5 Å². The van der Waals surface area contributed by atoms with Crippen molar-refractivity contribution >= 4 is 33.5 Å². The summed E-state index contributed by atoms with van der Waals surface area (Å²) in [6.45, 7) is 5.44. The highest BCUT2D eigenvalue weighted by atomic mass is 79.9. The lowest BCUT2D eigenvalue weighted by Crippen LogP contribution is -2.37. The van der Waals surface area contributed by atoms with Crippen LogP contribution in [-0.4, -0.2) is 31.5 Å². The van der Waals surface area contributed by atoms with Crippen molar-refractivity contribution < 1.29 is 4.79 Å². The van der Waals surface area contributed by atoms with Gasteiger partial charge in [0, 0.05) is 23.1 Å². The second-order valence-electron chi connectivity index (χ2n) is 4.58. The van der Waals surface area contributed by atoms with Crippen molar-refractivity contribution in [2.75, 3.05) is 25.0 Å². The Hall–Kier alpha value is -2.00. The zero-order valence-electron chi connectivity index (χ0n) is 12.9. The maximum absolute atomic E-state index is 11.9. The van der Waals surface area contributed by atoms with Gasteiger partial charge < -0.3 is 16.0 Å². The minimum Gasteiger partial charge on any atom is -0.357 e. The molecule has 0 aromatic heterocycles. The normalized spacial score (nSPS) is 10.7. The van der Waals surface area contributed by atoms with Gasteiger partial charge in [-0.05, 0) is 37.6 Å². The number of benzene rings is 1. The van der Waals surface area contributed by atoms with Gasteiger partial charge in [-0.25, -0.2) is 0 Å². The Balaban J connectivity index is 2.49. The first kappa shape index (κ1) is 18.1. The number of anilines is 1. The molecular formula is C16H21BrN4O. The Labute approximate surface area is 140 Å². The number of terminal acetylenes is 1. The average Bonchev–Trinajstić information content (AvgIpc) is 2.47. The maximum atomic E-state index is 11.9. The third kappa shape index (κ3) is 6.64. The summed E-state index contributed by atoms with van der Waals surface area (Å²) in [7, 11) is 0. The number of aryl methyl sites for hydroxylation is 1. The Kier molecular flexibility index (Phi) is 8.08. The predicted octanol–water partition coefficient (Wildman–Crippen LogP) is 2.27. The van der Waals surface area contributed by atoms with E-state index in [4.69, 9.17) is 6.42 Å². The lowest BCUT2D eigenvalue weighted by atomic mass is 10.2. The number of hydrogen-bond donors (Lipinski definition) is 3. The molecular weight excluding hydrogens is 344 g/mol. The lowest BCUT2D eigenvalue weighted by molar-refractivity contribution is -0.116. The average molecular weight is 365 g/mol. The molecule has 0 aliphatic rings. The maximum Gasteiger partial charge on any atom is 0.226 e. The van der Waals surface area contributed by atoms with Crippen LogP contribution in [0.15, 0.2) is 27.7 Å². The molecule has 0 atom stereocenters. The fraction of sp³-hybridized carbons (Fsp3) is 0.375. The molecule has 0 spiro atoms. The molecule has 0 heterocycles. The van der Waals surface area contributed by atoms with E-state index in [9.17, 15) is 4.79 Å². The Bertz CT molecular complexity index is 578. The van der Waals surface area contributed by atoms with Gasteiger partial charge >= 0.3 is 0 Å². The van der Waals surface area contributed by atoms with Crippen molar-refractivity contribution in [2.45, 2.75) is 20.3 Å². The minimum atomic E-state index is -0.0676. The largest absolute Gasteiger partial charge is 0.357 e. The van der Waals surface area contributed by atoms with Crippen molar-refractivity contribution in [1.29, 1.82) is 0 Å². The van der Waals surface area contributed by atoms with Crippen LogP contribution in [0.1, 0.15) is 18.9 Å². The molecule has 6 heteroatoms. The molecule has 0 fully saturated rings. The molecule has 1 amide bonds. The van der Waals surface area contributed by atoms with E-state index >= 15 is 0 Å². The van der Waals surface area contributed by atoms with Crippen LogP contribution in [0, 0.1) is 19.3 Å². The van der Waals surface area contributed by atoms with Crippen LogP contribution in [0.4, 0.5) is 5.69 Å². The number of halogens is 1. The summed E-state index contributed by atoms with van der Waals surface area (Å²) in [5.41, 5.74) is 1.82. The number of guanidine groups is 1. The van der Waals surface area contributed by atoms with Gasteiger partial charge in [-0.2, -0.15) is 0 Å². The zero-order valence-corrected chi connectivity index (χ0v) is 14.5. The van der Waals surface area contributed by atoms with E-state index in [0.717, 1.165) is 22.3 Å². The van der Waals surface area contributed by atoms with Crippen LogP contribution < -0.4 is 16.0 Å². The van der Waals surface area contributed by atoms with E-state index in [0.29, 0.717) is 25.5 Å². The van der Waals surface area contributed by atoms with Gasteiger partial charge in [-0.3, -0.25) is 9.79 Å². The molecule has 1 rings (SSSR count). The van der Waals surface area contributed by atoms with E-state index in [2.05, 4.69) is 42.8 Å². The van der Waals surface area contributed by atoms with Gasteiger partial charge in [0.2, 0.25) is 5.91 Å². The molecule has 1 aromatic carbocycles. The molecule has 0 aliphatic heterocycles. The number of hydrogen-bond acceptors (Lipinski definition) is 2. The van der Waals surface area contributed by atoms with Crippen LogP contribution in [0.3, 0.4) is 0 Å². The zero-order chi connectivity index (χ0) is 16.4. The summed E-state index contributed by atoms with van der Waals surface area (Å²) in [6, 6.07) is 5.73. The number of carbonyl (C=O) groups is 1. The van der Waals surface area contributed by atoms with Crippen LogP contribution >= 0.6 is 15.9 Å². The summed E-state index contributed by atoms with van der Waals surface area (Å²) >= 11 is 3.40. The first-order valence-corrected chi connectivity index (χ1v) is 7.87. The van der Waals surface area contributed by atoms with Crippen molar-refractivity contribution in [3.05, 3.63) is 28.2 Å². The number of nitrogens with one attached hydrogen (secondary N) is 3.